The van der Waals surface area contributed by atoms with E-state index in [-0.39, 0.29) is 62.4 Å². The number of amides is 7. The van der Waals surface area contributed by atoms with Crippen molar-refractivity contribution in [1.29, 1.82) is 0 Å². The van der Waals surface area contributed by atoms with Gasteiger partial charge in [0.1, 0.15) is 60.1 Å². The molecule has 7 amide bonds. The highest BCUT2D eigenvalue weighted by atomic mass is 16.5. The molecule has 0 aliphatic carbocycles. The van der Waals surface area contributed by atoms with Gasteiger partial charge in [-0.3, -0.25) is 38.4 Å². The molecule has 3 rings (SSSR count). The van der Waals surface area contributed by atoms with Crippen LogP contribution in [0, 0.1) is 29.6 Å². The Hall–Kier alpha value is -5.59. The number of hydrogen-bond acceptors (Lipinski definition) is 12. The lowest BCUT2D eigenvalue weighted by Crippen LogP contribution is -2.66. The van der Waals surface area contributed by atoms with Crippen molar-refractivity contribution < 1.29 is 58.1 Å². The number of ketones is 1. The van der Waals surface area contributed by atoms with Crippen molar-refractivity contribution in [3.05, 3.63) is 29.8 Å². The molecule has 2 aliphatic heterocycles. The van der Waals surface area contributed by atoms with Gasteiger partial charge in [-0.2, -0.15) is 0 Å². The molecule has 8 N–H and O–H groups in total. The van der Waals surface area contributed by atoms with Crippen LogP contribution in [0.2, 0.25) is 0 Å². The van der Waals surface area contributed by atoms with Gasteiger partial charge in [-0.15, -0.1) is 0 Å². The second-order valence-corrected chi connectivity index (χ2v) is 18.7. The van der Waals surface area contributed by atoms with E-state index < -0.39 is 120 Å². The third-order valence-corrected chi connectivity index (χ3v) is 12.8. The second kappa shape index (κ2) is 24.8. The standard InChI is InChI=1S/C47H73N7O12/c1-11-26(7)38-47(65)66-28(9)39(52-41(59)30(15-19-36(48)57)23-35(56)25(5)6)44(62)50-33(21-24(3)4)42(60)49-32-18-20-37(58)54(45(32)63)40(27(8)12-2)46(64)53(10)34(43(61)51-38)22-29-13-16-31(55)17-14-29/h13-14,16-17,24-28,30,32-34,37-40,55,58H,11-12,15,18-23H2,1-10H3,(H2,48,57)(H,49,60)(H,50,62)(H,51,61)(H,52,59)/t26?,27?,28-,30-,32?,33+,34+,37+,38+,39+,40+/m1/s1. The van der Waals surface area contributed by atoms with E-state index in [9.17, 15) is 53.4 Å². The molecule has 1 aromatic rings. The Balaban J connectivity index is 2.27. The Morgan fingerprint density at radius 3 is 2.05 bits per heavy atom. The number of phenols is 1. The van der Waals surface area contributed by atoms with Gasteiger partial charge in [0.2, 0.25) is 41.4 Å². The fraction of sp³-hybridized carbons (Fsp3) is 0.681. The van der Waals surface area contributed by atoms with Gasteiger partial charge < -0.3 is 51.8 Å². The van der Waals surface area contributed by atoms with Gasteiger partial charge in [-0.25, -0.2) is 4.79 Å². The molecule has 3 unspecified atom stereocenters. The molecule has 2 bridgehead atoms. The highest BCUT2D eigenvalue weighted by Gasteiger charge is 2.47. The molecule has 19 nitrogen and oxygen atoms in total. The Morgan fingerprint density at radius 1 is 0.864 bits per heavy atom. The number of cyclic esters (lactones) is 1. The van der Waals surface area contributed by atoms with Crippen molar-refractivity contribution >= 4 is 53.1 Å². The molecule has 2 fully saturated rings. The van der Waals surface area contributed by atoms with Gasteiger partial charge in [0, 0.05) is 38.1 Å². The number of hydrogen-bond donors (Lipinski definition) is 7. The number of piperidine rings is 1. The molecular weight excluding hydrogens is 855 g/mol. The highest BCUT2D eigenvalue weighted by molar-refractivity contribution is 5.98. The fourth-order valence-corrected chi connectivity index (χ4v) is 8.11. The van der Waals surface area contributed by atoms with E-state index >= 15 is 0 Å². The number of nitrogens with zero attached hydrogens (tertiary/aromatic N) is 2. The van der Waals surface area contributed by atoms with Crippen molar-refractivity contribution in [2.45, 2.75) is 169 Å². The molecule has 19 heteroatoms. The number of aromatic hydroxyl groups is 1. The van der Waals surface area contributed by atoms with E-state index in [0.29, 0.717) is 18.4 Å². The third kappa shape index (κ3) is 14.7. The summed E-state index contributed by atoms with van der Waals surface area (Å²) in [6.45, 7) is 15.2. The zero-order valence-electron chi connectivity index (χ0n) is 40.1. The van der Waals surface area contributed by atoms with E-state index in [1.165, 1.54) is 31.0 Å². The maximum Gasteiger partial charge on any atom is 0.329 e. The van der Waals surface area contributed by atoms with Gasteiger partial charge in [0.15, 0.2) is 0 Å². The van der Waals surface area contributed by atoms with Crippen molar-refractivity contribution in [2.24, 2.45) is 35.3 Å². The molecule has 2 saturated heterocycles. The maximum absolute atomic E-state index is 14.9. The SMILES string of the molecule is CCC(C)[C@@H]1NC(=O)[C@H](Cc2ccc(O)cc2)N(C)C(=O)[C@H](C(C)CC)N2C(=O)C(CC[C@@H]2O)NC(=O)[C@H](CC(C)C)NC(=O)[C@@H](NC(=O)[C@H](CCC(N)=O)CC(=O)C(C)C)[C@@H](C)OC1=O. The first kappa shape index (κ1) is 54.7. The van der Waals surface area contributed by atoms with Gasteiger partial charge in [-0.05, 0) is 68.1 Å². The number of aliphatic hydroxyl groups excluding tert-OH is 1. The molecule has 0 aromatic heterocycles. The van der Waals surface area contributed by atoms with E-state index in [1.807, 2.05) is 0 Å². The number of carbonyl (C=O) groups is 9. The lowest BCUT2D eigenvalue weighted by molar-refractivity contribution is -0.168. The number of nitrogens with two attached hydrogens (primary N) is 1. The number of Topliss-reactive ketones (excluding diaryl/α,β-unsaturated/α-hetero) is 1. The number of benzene rings is 1. The lowest BCUT2D eigenvalue weighted by Gasteiger charge is -2.44. The maximum atomic E-state index is 14.9. The number of likely N-dealkylation sites (N-methyl/N-ethyl adjacent to an activating group) is 1. The van der Waals surface area contributed by atoms with E-state index in [0.717, 1.165) is 4.90 Å². The summed E-state index contributed by atoms with van der Waals surface area (Å²) in [5.74, 6) is -9.78. The zero-order valence-corrected chi connectivity index (χ0v) is 40.1. The summed E-state index contributed by atoms with van der Waals surface area (Å²) in [5.41, 5.74) is 5.93. The molecular formula is C47H73N7O12. The number of aliphatic hydroxyl groups is 1. The molecule has 2 aliphatic rings. The minimum atomic E-state index is -1.70. The van der Waals surface area contributed by atoms with Crippen molar-refractivity contribution in [3.63, 3.8) is 0 Å². The first-order chi connectivity index (χ1) is 30.9. The van der Waals surface area contributed by atoms with Crippen LogP contribution in [-0.2, 0) is 54.3 Å². The van der Waals surface area contributed by atoms with Crippen LogP contribution >= 0.6 is 0 Å². The summed E-state index contributed by atoms with van der Waals surface area (Å²) in [6.07, 6.45) is -2.99. The van der Waals surface area contributed by atoms with Crippen LogP contribution in [0.15, 0.2) is 24.3 Å². The van der Waals surface area contributed by atoms with Crippen LogP contribution in [0.3, 0.4) is 0 Å². The summed E-state index contributed by atoms with van der Waals surface area (Å²) in [4.78, 5) is 128. The van der Waals surface area contributed by atoms with Crippen molar-refractivity contribution in [1.82, 2.24) is 31.1 Å². The van der Waals surface area contributed by atoms with Crippen LogP contribution < -0.4 is 27.0 Å². The molecule has 368 valence electrons. The normalized spacial score (nSPS) is 26.5. The summed E-state index contributed by atoms with van der Waals surface area (Å²) in [5, 5.41) is 32.2. The van der Waals surface area contributed by atoms with E-state index in [1.54, 1.807) is 67.5 Å². The molecule has 0 saturated carbocycles. The minimum Gasteiger partial charge on any atom is -0.508 e. The summed E-state index contributed by atoms with van der Waals surface area (Å²) in [7, 11) is 1.39. The largest absolute Gasteiger partial charge is 0.508 e. The number of esters is 1. The number of fused-ring (bicyclic) bond motifs is 2. The predicted octanol–water partition coefficient (Wildman–Crippen LogP) is 1.59. The quantitative estimate of drug-likeness (QED) is 0.117. The number of primary amides is 1. The van der Waals surface area contributed by atoms with Crippen molar-refractivity contribution in [2.75, 3.05) is 7.05 Å². The average Bonchev–Trinajstić information content (AvgIpc) is 3.25. The number of rotatable bonds is 16. The van der Waals surface area contributed by atoms with E-state index in [4.69, 9.17) is 10.5 Å². The zero-order chi connectivity index (χ0) is 49.7. The van der Waals surface area contributed by atoms with Crippen LogP contribution in [0.4, 0.5) is 0 Å². The lowest BCUT2D eigenvalue weighted by atomic mass is 9.91. The number of ether oxygens (including phenoxy) is 1. The molecule has 0 radical (unpaired) electrons. The molecule has 2 heterocycles. The predicted molar refractivity (Wildman–Crippen MR) is 242 cm³/mol. The Morgan fingerprint density at radius 2 is 1.48 bits per heavy atom. The topological polar surface area (TPSA) is 284 Å². The summed E-state index contributed by atoms with van der Waals surface area (Å²) in [6, 6.07) is -2.31. The Labute approximate surface area is 388 Å². The molecule has 66 heavy (non-hydrogen) atoms. The Kier molecular flexibility index (Phi) is 20.6. The molecule has 0 spiro atoms. The first-order valence-electron chi connectivity index (χ1n) is 23.2. The van der Waals surface area contributed by atoms with Gasteiger partial charge in [0.25, 0.3) is 0 Å². The summed E-state index contributed by atoms with van der Waals surface area (Å²) >= 11 is 0. The van der Waals surface area contributed by atoms with Crippen LogP contribution in [0.5, 0.6) is 5.75 Å². The van der Waals surface area contributed by atoms with Gasteiger partial charge in [-0.1, -0.05) is 80.4 Å². The number of nitrogens with one attached hydrogen (secondary N) is 4. The van der Waals surface area contributed by atoms with Crippen LogP contribution in [-0.4, -0.2) is 129 Å². The minimum absolute atomic E-state index is 0.0157. The third-order valence-electron chi connectivity index (χ3n) is 12.8. The molecule has 1 aromatic carbocycles. The smallest absolute Gasteiger partial charge is 0.329 e. The number of carbonyl (C=O) groups excluding carboxylic acids is 9. The van der Waals surface area contributed by atoms with Gasteiger partial charge >= 0.3 is 5.97 Å². The monoisotopic (exact) mass is 928 g/mol. The van der Waals surface area contributed by atoms with Crippen LogP contribution in [0.1, 0.15) is 119 Å². The average molecular weight is 928 g/mol. The summed E-state index contributed by atoms with van der Waals surface area (Å²) < 4.78 is 5.93. The van der Waals surface area contributed by atoms with Crippen molar-refractivity contribution in [3.8, 4) is 5.75 Å². The highest BCUT2D eigenvalue weighted by Crippen LogP contribution is 2.28. The van der Waals surface area contributed by atoms with Gasteiger partial charge in [0.05, 0.1) is 0 Å². The second-order valence-electron chi connectivity index (χ2n) is 18.7. The number of phenolic OH excluding ortho intramolecular Hbond substituents is 1. The van der Waals surface area contributed by atoms with E-state index in [2.05, 4.69) is 21.3 Å². The Bertz CT molecular complexity index is 1910. The van der Waals surface area contributed by atoms with Crippen LogP contribution in [0.25, 0.3) is 0 Å². The first-order valence-corrected chi connectivity index (χ1v) is 23.2. The fourth-order valence-electron chi connectivity index (χ4n) is 8.11. The molecule has 11 atom stereocenters.